The van der Waals surface area contributed by atoms with Crippen LogP contribution in [-0.4, -0.2) is 49.4 Å². The number of hydrogen-bond acceptors (Lipinski definition) is 4. The summed E-state index contributed by atoms with van der Waals surface area (Å²) >= 11 is 5.99. The molecule has 0 bridgehead atoms. The minimum atomic E-state index is -4.72. The fourth-order valence-electron chi connectivity index (χ4n) is 3.99. The van der Waals surface area contributed by atoms with E-state index in [0.717, 1.165) is 7.11 Å². The summed E-state index contributed by atoms with van der Waals surface area (Å²) in [7, 11) is 2.66. The first-order valence-electron chi connectivity index (χ1n) is 8.39. The number of carbonyl (C=O) groups is 2. The van der Waals surface area contributed by atoms with Gasteiger partial charge < -0.3 is 9.64 Å². The van der Waals surface area contributed by atoms with E-state index in [9.17, 15) is 22.8 Å². The Morgan fingerprint density at radius 2 is 2.15 bits per heavy atom. The zero-order chi connectivity index (χ0) is 20.0. The van der Waals surface area contributed by atoms with E-state index in [1.807, 2.05) is 0 Å². The first kappa shape index (κ1) is 19.7. The van der Waals surface area contributed by atoms with Crippen molar-refractivity contribution in [2.45, 2.75) is 30.9 Å². The van der Waals surface area contributed by atoms with Crippen molar-refractivity contribution in [3.05, 3.63) is 28.8 Å². The minimum absolute atomic E-state index is 0.0523. The normalized spacial score (nSPS) is 24.8. The van der Waals surface area contributed by atoms with Crippen LogP contribution in [0, 0.1) is 5.92 Å². The summed E-state index contributed by atoms with van der Waals surface area (Å²) in [5.74, 6) is -2.46. The van der Waals surface area contributed by atoms with E-state index in [4.69, 9.17) is 11.6 Å². The molecule has 0 saturated carbocycles. The number of ether oxygens (including phenoxy) is 1. The summed E-state index contributed by atoms with van der Waals surface area (Å²) in [6.07, 6.45) is -5.61. The van der Waals surface area contributed by atoms with Gasteiger partial charge >= 0.3 is 12.1 Å². The van der Waals surface area contributed by atoms with Crippen molar-refractivity contribution in [1.82, 2.24) is 4.90 Å². The average Bonchev–Trinajstić information content (AvgIpc) is 2.61. The van der Waals surface area contributed by atoms with E-state index in [1.54, 1.807) is 0 Å². The number of benzene rings is 1. The van der Waals surface area contributed by atoms with Crippen molar-refractivity contribution in [2.24, 2.45) is 10.9 Å². The molecule has 5 nitrogen and oxygen atoms in total. The lowest BCUT2D eigenvalue weighted by atomic mass is 9.61. The minimum Gasteiger partial charge on any atom is -0.469 e. The van der Waals surface area contributed by atoms with Gasteiger partial charge in [0, 0.05) is 31.0 Å². The molecule has 1 fully saturated rings. The maximum absolute atomic E-state index is 14.6. The van der Waals surface area contributed by atoms with Crippen molar-refractivity contribution in [1.29, 1.82) is 0 Å². The number of piperidine rings is 1. The number of alkyl halides is 3. The standard InChI is InChI=1S/C18H18ClF3N2O3/c1-24-8-6-11-15(16(24)26)23-13-4-3-10(19)9-12(13)17(11,18(20,21)22)7-5-14(25)27-2/h3-4,9,11H,5-8H2,1-2H3. The number of carbonyl (C=O) groups excluding carboxylic acids is 2. The lowest BCUT2D eigenvalue weighted by Crippen LogP contribution is -2.59. The number of amides is 1. The van der Waals surface area contributed by atoms with Gasteiger partial charge in [-0.1, -0.05) is 11.6 Å². The molecule has 2 aliphatic heterocycles. The molecule has 1 saturated heterocycles. The zero-order valence-electron chi connectivity index (χ0n) is 14.8. The van der Waals surface area contributed by atoms with Gasteiger partial charge in [-0.15, -0.1) is 0 Å². The van der Waals surface area contributed by atoms with E-state index in [-0.39, 0.29) is 35.0 Å². The second-order valence-corrected chi connectivity index (χ2v) is 7.21. The fourth-order valence-corrected chi connectivity index (χ4v) is 4.17. The maximum Gasteiger partial charge on any atom is 0.399 e. The molecule has 0 radical (unpaired) electrons. The highest BCUT2D eigenvalue weighted by Gasteiger charge is 2.64. The van der Waals surface area contributed by atoms with Crippen molar-refractivity contribution in [2.75, 3.05) is 20.7 Å². The topological polar surface area (TPSA) is 59.0 Å². The van der Waals surface area contributed by atoms with Crippen molar-refractivity contribution in [3.63, 3.8) is 0 Å². The van der Waals surface area contributed by atoms with Crippen LogP contribution in [0.15, 0.2) is 23.2 Å². The van der Waals surface area contributed by atoms with Crippen LogP contribution in [0.1, 0.15) is 24.8 Å². The third kappa shape index (κ3) is 3.09. The van der Waals surface area contributed by atoms with Gasteiger partial charge in [-0.3, -0.25) is 9.59 Å². The summed E-state index contributed by atoms with van der Waals surface area (Å²) in [4.78, 5) is 29.8. The Labute approximate surface area is 159 Å². The second kappa shape index (κ2) is 6.82. The number of esters is 1. The van der Waals surface area contributed by atoms with Gasteiger partial charge in [-0.25, -0.2) is 4.99 Å². The monoisotopic (exact) mass is 402 g/mol. The van der Waals surface area contributed by atoms with Crippen LogP contribution in [0.25, 0.3) is 0 Å². The maximum atomic E-state index is 14.6. The molecule has 1 aromatic rings. The highest BCUT2D eigenvalue weighted by atomic mass is 35.5. The molecule has 3 rings (SSSR count). The molecule has 2 atom stereocenters. The van der Waals surface area contributed by atoms with Gasteiger partial charge in [-0.05, 0) is 36.6 Å². The Kier molecular flexibility index (Phi) is 4.96. The Bertz CT molecular complexity index is 825. The third-order valence-corrected chi connectivity index (χ3v) is 5.62. The summed E-state index contributed by atoms with van der Waals surface area (Å²) in [6.45, 7) is 0.175. The molecule has 146 valence electrons. The largest absolute Gasteiger partial charge is 0.469 e. The molecule has 27 heavy (non-hydrogen) atoms. The molecular formula is C18H18ClF3N2O3. The second-order valence-electron chi connectivity index (χ2n) is 6.77. The summed E-state index contributed by atoms with van der Waals surface area (Å²) in [6, 6.07) is 4.05. The number of likely N-dealkylation sites (tertiary alicyclic amines) is 1. The van der Waals surface area contributed by atoms with Gasteiger partial charge in [0.1, 0.15) is 11.1 Å². The molecule has 2 heterocycles. The highest BCUT2D eigenvalue weighted by Crippen LogP contribution is 2.57. The zero-order valence-corrected chi connectivity index (χ0v) is 15.5. The van der Waals surface area contributed by atoms with E-state index >= 15 is 0 Å². The number of methoxy groups -OCH3 is 1. The highest BCUT2D eigenvalue weighted by molar-refractivity contribution is 6.41. The van der Waals surface area contributed by atoms with E-state index < -0.39 is 42.2 Å². The Balaban J connectivity index is 2.25. The lowest BCUT2D eigenvalue weighted by molar-refractivity contribution is -0.205. The van der Waals surface area contributed by atoms with Crippen molar-refractivity contribution < 1.29 is 27.5 Å². The first-order chi connectivity index (χ1) is 12.6. The molecule has 0 spiro atoms. The Morgan fingerprint density at radius 1 is 1.44 bits per heavy atom. The average molecular weight is 403 g/mol. The number of fused-ring (bicyclic) bond motifs is 2. The first-order valence-corrected chi connectivity index (χ1v) is 8.77. The van der Waals surface area contributed by atoms with Crippen LogP contribution in [0.5, 0.6) is 0 Å². The van der Waals surface area contributed by atoms with Crippen LogP contribution >= 0.6 is 11.6 Å². The number of halogens is 4. The van der Waals surface area contributed by atoms with Gasteiger partial charge in [0.05, 0.1) is 12.8 Å². The predicted octanol–water partition coefficient (Wildman–Crippen LogP) is 3.66. The van der Waals surface area contributed by atoms with E-state index in [1.165, 1.54) is 30.1 Å². The van der Waals surface area contributed by atoms with E-state index in [0.29, 0.717) is 0 Å². The van der Waals surface area contributed by atoms with Crippen LogP contribution in [0.3, 0.4) is 0 Å². The summed E-state index contributed by atoms with van der Waals surface area (Å²) in [5.41, 5.74) is -2.61. The predicted molar refractivity (Wildman–Crippen MR) is 93.3 cm³/mol. The smallest absolute Gasteiger partial charge is 0.399 e. The SMILES string of the molecule is COC(=O)CCC1(C(F)(F)F)c2cc(Cl)ccc2N=C2C(=O)N(C)CCC21. The van der Waals surface area contributed by atoms with Gasteiger partial charge in [0.15, 0.2) is 0 Å². The van der Waals surface area contributed by atoms with Crippen LogP contribution in [0.2, 0.25) is 5.02 Å². The van der Waals surface area contributed by atoms with Gasteiger partial charge in [0.25, 0.3) is 5.91 Å². The van der Waals surface area contributed by atoms with Crippen LogP contribution in [-0.2, 0) is 19.7 Å². The molecular weight excluding hydrogens is 385 g/mol. The van der Waals surface area contributed by atoms with Gasteiger partial charge in [-0.2, -0.15) is 13.2 Å². The molecule has 9 heteroatoms. The molecule has 0 aliphatic carbocycles. The summed E-state index contributed by atoms with van der Waals surface area (Å²) in [5, 5.41) is 0.137. The number of aliphatic imine (C=N–C) groups is 1. The molecule has 2 aliphatic rings. The molecule has 0 aromatic heterocycles. The van der Waals surface area contributed by atoms with Crippen LogP contribution < -0.4 is 0 Å². The molecule has 1 amide bonds. The van der Waals surface area contributed by atoms with Gasteiger partial charge in [0.2, 0.25) is 0 Å². The number of hydrogen-bond donors (Lipinski definition) is 0. The third-order valence-electron chi connectivity index (χ3n) is 5.38. The van der Waals surface area contributed by atoms with Crippen molar-refractivity contribution >= 4 is 34.9 Å². The number of rotatable bonds is 3. The Morgan fingerprint density at radius 3 is 2.78 bits per heavy atom. The van der Waals surface area contributed by atoms with E-state index in [2.05, 4.69) is 9.73 Å². The summed E-state index contributed by atoms with van der Waals surface area (Å²) < 4.78 is 48.3. The lowest BCUT2D eigenvalue weighted by Gasteiger charge is -2.48. The number of nitrogens with zero attached hydrogens (tertiary/aromatic N) is 2. The van der Waals surface area contributed by atoms with Crippen molar-refractivity contribution in [3.8, 4) is 0 Å². The molecule has 2 unspecified atom stereocenters. The quantitative estimate of drug-likeness (QED) is 0.725. The molecule has 0 N–H and O–H groups in total. The fraction of sp³-hybridized carbons (Fsp3) is 0.500. The molecule has 1 aromatic carbocycles. The van der Waals surface area contributed by atoms with Crippen LogP contribution in [0.4, 0.5) is 18.9 Å². The Hall–Kier alpha value is -2.09.